The number of carbonyl (C=O) groups excluding carboxylic acids is 1. The van der Waals surface area contributed by atoms with Gasteiger partial charge in [0.25, 0.3) is 0 Å². The molecule has 0 aromatic rings. The topological polar surface area (TPSA) is 59.6 Å². The molecular weight excluding hydrogens is 292 g/mol. The van der Waals surface area contributed by atoms with Crippen molar-refractivity contribution in [2.45, 2.75) is 65.6 Å². The predicted octanol–water partition coefficient (Wildman–Crippen LogP) is 2.20. The van der Waals surface area contributed by atoms with E-state index in [0.29, 0.717) is 36.9 Å². The van der Waals surface area contributed by atoms with Gasteiger partial charge in [-0.05, 0) is 39.2 Å². The third-order valence-corrected chi connectivity index (χ3v) is 5.70. The van der Waals surface area contributed by atoms with Gasteiger partial charge in [0.15, 0.2) is 0 Å². The van der Waals surface area contributed by atoms with Crippen molar-refractivity contribution >= 4 is 5.97 Å². The van der Waals surface area contributed by atoms with Crippen LogP contribution in [0.25, 0.3) is 0 Å². The third kappa shape index (κ3) is 5.16. The van der Waals surface area contributed by atoms with Gasteiger partial charge in [-0.3, -0.25) is 4.79 Å². The van der Waals surface area contributed by atoms with Crippen molar-refractivity contribution in [3.8, 4) is 0 Å². The second-order valence-corrected chi connectivity index (χ2v) is 8.05. The number of nitrogens with one attached hydrogen (secondary N) is 2. The highest BCUT2D eigenvalue weighted by Gasteiger charge is 2.61. The summed E-state index contributed by atoms with van der Waals surface area (Å²) in [7, 11) is 3.43. The molecule has 0 aliphatic heterocycles. The highest BCUT2D eigenvalue weighted by Crippen LogP contribution is 2.56. The van der Waals surface area contributed by atoms with Crippen molar-refractivity contribution in [3.63, 3.8) is 0 Å². The summed E-state index contributed by atoms with van der Waals surface area (Å²) in [6.45, 7) is 14.6. The van der Waals surface area contributed by atoms with Crippen molar-refractivity contribution in [2.24, 2.45) is 17.3 Å². The Morgan fingerprint density at radius 1 is 1.30 bits per heavy atom. The Balaban J connectivity index is 2.40. The first-order valence-corrected chi connectivity index (χ1v) is 8.68. The number of methoxy groups -OCH3 is 1. The molecule has 2 N–H and O–H groups in total. The van der Waals surface area contributed by atoms with E-state index in [1.54, 1.807) is 0 Å². The molecule has 1 aliphatic rings. The molecule has 4 unspecified atom stereocenters. The number of rotatable bonds is 10. The van der Waals surface area contributed by atoms with Crippen LogP contribution >= 0.6 is 0 Å². The second-order valence-electron chi connectivity index (χ2n) is 8.05. The molecule has 0 heterocycles. The van der Waals surface area contributed by atoms with Gasteiger partial charge in [-0.25, -0.2) is 0 Å². The lowest BCUT2D eigenvalue weighted by Gasteiger charge is -2.33. The van der Waals surface area contributed by atoms with Crippen LogP contribution in [0.2, 0.25) is 0 Å². The summed E-state index contributed by atoms with van der Waals surface area (Å²) in [5, 5.41) is 6.78. The summed E-state index contributed by atoms with van der Waals surface area (Å²) in [4.78, 5) is 11.2. The fraction of sp³-hybridized carbons (Fsp3) is 0.944. The minimum Gasteiger partial charge on any atom is -0.469 e. The van der Waals surface area contributed by atoms with Gasteiger partial charge in [0.1, 0.15) is 0 Å². The number of hydrogen-bond donors (Lipinski definition) is 2. The quantitative estimate of drug-likeness (QED) is 0.602. The Morgan fingerprint density at radius 2 is 1.91 bits per heavy atom. The van der Waals surface area contributed by atoms with Crippen molar-refractivity contribution in [1.82, 2.24) is 10.6 Å². The zero-order valence-electron chi connectivity index (χ0n) is 16.2. The van der Waals surface area contributed by atoms with E-state index < -0.39 is 0 Å². The Hall–Kier alpha value is -0.650. The summed E-state index contributed by atoms with van der Waals surface area (Å²) in [6.07, 6.45) is 0.712. The highest BCUT2D eigenvalue weighted by atomic mass is 16.5. The Labute approximate surface area is 141 Å². The Kier molecular flexibility index (Phi) is 7.05. The molecule has 23 heavy (non-hydrogen) atoms. The molecule has 1 fully saturated rings. The highest BCUT2D eigenvalue weighted by molar-refractivity contribution is 5.69. The van der Waals surface area contributed by atoms with Crippen molar-refractivity contribution in [1.29, 1.82) is 0 Å². The maximum absolute atomic E-state index is 11.2. The molecule has 5 nitrogen and oxygen atoms in total. The molecular formula is C18H36N2O3. The normalized spacial score (nSPS) is 25.7. The Bertz CT molecular complexity index is 396. The summed E-state index contributed by atoms with van der Waals surface area (Å²) in [5.74, 6) is 0.734. The van der Waals surface area contributed by atoms with Crippen molar-refractivity contribution in [3.05, 3.63) is 0 Å². The molecule has 1 aliphatic carbocycles. The van der Waals surface area contributed by atoms with Crippen LogP contribution in [0.4, 0.5) is 0 Å². The standard InChI is InChI=1S/C18H36N2O3/c1-12(18(5,6)20-10-9-14(21)22-8)11-23-16-15(13(2)19-7)17(16,3)4/h12-13,15-16,19-20H,9-11H2,1-8H3. The molecule has 1 saturated carbocycles. The first kappa shape index (κ1) is 20.4. The average molecular weight is 328 g/mol. The first-order chi connectivity index (χ1) is 10.6. The van der Waals surface area contributed by atoms with Gasteiger partial charge in [-0.1, -0.05) is 20.8 Å². The lowest BCUT2D eigenvalue weighted by atomic mass is 9.89. The molecule has 0 radical (unpaired) electrons. The largest absolute Gasteiger partial charge is 0.469 e. The zero-order valence-corrected chi connectivity index (χ0v) is 16.2. The molecule has 5 heteroatoms. The van der Waals surface area contributed by atoms with Gasteiger partial charge in [0.2, 0.25) is 0 Å². The van der Waals surface area contributed by atoms with E-state index in [1.165, 1.54) is 7.11 Å². The van der Waals surface area contributed by atoms with Gasteiger partial charge >= 0.3 is 5.97 Å². The van der Waals surface area contributed by atoms with Crippen LogP contribution in [0, 0.1) is 17.3 Å². The SMILES string of the molecule is CNC(C)C1C(OCC(C)C(C)(C)NCCC(=O)OC)C1(C)C. The van der Waals surface area contributed by atoms with Crippen LogP contribution in [0.1, 0.15) is 48.0 Å². The molecule has 0 aromatic heterocycles. The van der Waals surface area contributed by atoms with E-state index in [9.17, 15) is 4.79 Å². The summed E-state index contributed by atoms with van der Waals surface area (Å²) < 4.78 is 10.9. The second kappa shape index (κ2) is 7.95. The number of carbonyl (C=O) groups is 1. The first-order valence-electron chi connectivity index (χ1n) is 8.68. The molecule has 0 saturated heterocycles. The predicted molar refractivity (Wildman–Crippen MR) is 93.4 cm³/mol. The lowest BCUT2D eigenvalue weighted by Crippen LogP contribution is -2.47. The molecule has 0 bridgehead atoms. The maximum atomic E-state index is 11.2. The van der Waals surface area contributed by atoms with E-state index in [4.69, 9.17) is 4.74 Å². The molecule has 4 atom stereocenters. The number of hydrogen-bond acceptors (Lipinski definition) is 5. The summed E-state index contributed by atoms with van der Waals surface area (Å²) >= 11 is 0. The molecule has 0 aromatic carbocycles. The van der Waals surface area contributed by atoms with Crippen molar-refractivity contribution < 1.29 is 14.3 Å². The number of ether oxygens (including phenoxy) is 2. The van der Waals surface area contributed by atoms with Crippen LogP contribution < -0.4 is 10.6 Å². The van der Waals surface area contributed by atoms with Gasteiger partial charge in [0.05, 0.1) is 26.2 Å². The molecule has 136 valence electrons. The average Bonchev–Trinajstić information content (AvgIpc) is 3.04. The lowest BCUT2D eigenvalue weighted by molar-refractivity contribution is -0.140. The summed E-state index contributed by atoms with van der Waals surface area (Å²) in [6, 6.07) is 0.469. The summed E-state index contributed by atoms with van der Waals surface area (Å²) in [5.41, 5.74) is 0.155. The van der Waals surface area contributed by atoms with Gasteiger partial charge in [0, 0.05) is 24.0 Å². The fourth-order valence-electron chi connectivity index (χ4n) is 3.25. The monoisotopic (exact) mass is 328 g/mol. The smallest absolute Gasteiger partial charge is 0.306 e. The molecule has 1 rings (SSSR count). The van der Waals surface area contributed by atoms with Gasteiger partial charge in [-0.15, -0.1) is 0 Å². The number of esters is 1. The minimum absolute atomic E-state index is 0.0861. The van der Waals surface area contributed by atoms with Crippen molar-refractivity contribution in [2.75, 3.05) is 27.3 Å². The van der Waals surface area contributed by atoms with E-state index in [0.717, 1.165) is 6.61 Å². The molecule has 0 spiro atoms. The van der Waals surface area contributed by atoms with E-state index >= 15 is 0 Å². The van der Waals surface area contributed by atoms with Crippen LogP contribution in [0.5, 0.6) is 0 Å². The molecule has 0 amide bonds. The van der Waals surface area contributed by atoms with Crippen LogP contribution in [-0.2, 0) is 14.3 Å². The fourth-order valence-corrected chi connectivity index (χ4v) is 3.25. The van der Waals surface area contributed by atoms with Crippen LogP contribution in [0.3, 0.4) is 0 Å². The van der Waals surface area contributed by atoms with E-state index in [-0.39, 0.29) is 16.9 Å². The Morgan fingerprint density at radius 3 is 2.43 bits per heavy atom. The van der Waals surface area contributed by atoms with Crippen LogP contribution in [-0.4, -0.2) is 51.0 Å². The van der Waals surface area contributed by atoms with E-state index in [2.05, 4.69) is 56.9 Å². The minimum atomic E-state index is -0.180. The maximum Gasteiger partial charge on any atom is 0.306 e. The van der Waals surface area contributed by atoms with Gasteiger partial charge in [-0.2, -0.15) is 0 Å². The third-order valence-electron chi connectivity index (χ3n) is 5.70. The van der Waals surface area contributed by atoms with Crippen LogP contribution in [0.15, 0.2) is 0 Å². The zero-order chi connectivity index (χ0) is 17.8. The van der Waals surface area contributed by atoms with E-state index in [1.807, 2.05) is 7.05 Å². The van der Waals surface area contributed by atoms with Gasteiger partial charge < -0.3 is 20.1 Å².